The van der Waals surface area contributed by atoms with Crippen molar-refractivity contribution < 1.29 is 4.48 Å². The lowest BCUT2D eigenvalue weighted by molar-refractivity contribution is -0.926. The minimum Gasteiger partial charge on any atom is -0.322 e. The molecule has 1 aromatic rings. The van der Waals surface area contributed by atoms with Gasteiger partial charge in [0.2, 0.25) is 0 Å². The number of piperidine rings is 1. The van der Waals surface area contributed by atoms with Crippen LogP contribution in [0, 0.1) is 0 Å². The third kappa shape index (κ3) is 2.32. The zero-order valence-corrected chi connectivity index (χ0v) is 9.15. The maximum Gasteiger partial charge on any atom is 0.113 e. The summed E-state index contributed by atoms with van der Waals surface area (Å²) in [5, 5.41) is 2.19. The number of thiophene rings is 1. The van der Waals surface area contributed by atoms with Crippen LogP contribution < -0.4 is 0 Å². The average Bonchev–Trinajstić information content (AvgIpc) is 2.57. The van der Waals surface area contributed by atoms with E-state index in [4.69, 9.17) is 0 Å². The van der Waals surface area contributed by atoms with Gasteiger partial charge in [-0.2, -0.15) is 0 Å². The molecule has 0 radical (unpaired) electrons. The van der Waals surface area contributed by atoms with Crippen LogP contribution in [0.15, 0.2) is 17.5 Å². The highest BCUT2D eigenvalue weighted by Crippen LogP contribution is 2.22. The summed E-state index contributed by atoms with van der Waals surface area (Å²) in [5.41, 5.74) is 0. The molecule has 72 valence electrons. The van der Waals surface area contributed by atoms with Crippen molar-refractivity contribution in [1.29, 1.82) is 0 Å². The van der Waals surface area contributed by atoms with E-state index in [0.717, 1.165) is 0 Å². The fraction of sp³-hybridized carbons (Fsp3) is 0.636. The molecule has 1 saturated heterocycles. The average molecular weight is 196 g/mol. The molecule has 1 nitrogen and oxygen atoms in total. The largest absolute Gasteiger partial charge is 0.322 e. The van der Waals surface area contributed by atoms with Gasteiger partial charge in [-0.15, -0.1) is 11.3 Å². The Kier molecular flexibility index (Phi) is 2.70. The molecule has 0 atom stereocenters. The lowest BCUT2D eigenvalue weighted by atomic mass is 10.1. The monoisotopic (exact) mass is 196 g/mol. The van der Waals surface area contributed by atoms with Gasteiger partial charge in [0.15, 0.2) is 0 Å². The first kappa shape index (κ1) is 9.22. The lowest BCUT2D eigenvalue weighted by Crippen LogP contribution is -2.46. The van der Waals surface area contributed by atoms with E-state index in [0.29, 0.717) is 0 Å². The molecule has 1 aromatic heterocycles. The molecule has 2 rings (SSSR count). The van der Waals surface area contributed by atoms with E-state index in [1.165, 1.54) is 43.4 Å². The summed E-state index contributed by atoms with van der Waals surface area (Å²) >= 11 is 1.90. The topological polar surface area (TPSA) is 0 Å². The summed E-state index contributed by atoms with van der Waals surface area (Å²) in [5.74, 6) is 0. The molecule has 1 fully saturated rings. The van der Waals surface area contributed by atoms with Crippen molar-refractivity contribution in [3.8, 4) is 0 Å². The van der Waals surface area contributed by atoms with Gasteiger partial charge in [0.1, 0.15) is 6.54 Å². The van der Waals surface area contributed by atoms with Gasteiger partial charge in [-0.25, -0.2) is 0 Å². The zero-order chi connectivity index (χ0) is 9.15. The summed E-state index contributed by atoms with van der Waals surface area (Å²) in [6.07, 6.45) is 4.28. The maximum absolute atomic E-state index is 2.40. The zero-order valence-electron chi connectivity index (χ0n) is 8.33. The van der Waals surface area contributed by atoms with Gasteiger partial charge in [0, 0.05) is 0 Å². The Morgan fingerprint density at radius 2 is 2.08 bits per heavy atom. The molecule has 1 aliphatic rings. The standard InChI is InChI=1S/C11H18NS/c1-12(7-3-2-4-8-12)10-11-6-5-9-13-11/h5-6,9H,2-4,7-8,10H2,1H3/q+1. The van der Waals surface area contributed by atoms with E-state index in [1.807, 2.05) is 11.3 Å². The summed E-state index contributed by atoms with van der Waals surface area (Å²) < 4.78 is 1.26. The third-order valence-corrected chi connectivity index (χ3v) is 3.87. The number of nitrogens with zero attached hydrogens (tertiary/aromatic N) is 1. The third-order valence-electron chi connectivity index (χ3n) is 3.01. The normalized spacial score (nSPS) is 21.6. The van der Waals surface area contributed by atoms with Crippen LogP contribution >= 0.6 is 11.3 Å². The molecule has 0 bridgehead atoms. The van der Waals surface area contributed by atoms with Crippen LogP contribution in [0.5, 0.6) is 0 Å². The predicted octanol–water partition coefficient (Wildman–Crippen LogP) is 2.88. The second-order valence-corrected chi connectivity index (χ2v) is 5.40. The summed E-state index contributed by atoms with van der Waals surface area (Å²) in [6, 6.07) is 4.43. The van der Waals surface area contributed by atoms with E-state index < -0.39 is 0 Å². The molecule has 2 heteroatoms. The van der Waals surface area contributed by atoms with Crippen LogP contribution in [0.25, 0.3) is 0 Å². The smallest absolute Gasteiger partial charge is 0.113 e. The molecular formula is C11H18NS+. The predicted molar refractivity (Wildman–Crippen MR) is 57.8 cm³/mol. The van der Waals surface area contributed by atoms with Gasteiger partial charge < -0.3 is 4.48 Å². The van der Waals surface area contributed by atoms with E-state index >= 15 is 0 Å². The van der Waals surface area contributed by atoms with Crippen molar-refractivity contribution >= 4 is 11.3 Å². The summed E-state index contributed by atoms with van der Waals surface area (Å²) in [4.78, 5) is 1.55. The molecule has 0 aliphatic carbocycles. The molecule has 0 N–H and O–H groups in total. The van der Waals surface area contributed by atoms with Crippen molar-refractivity contribution in [1.82, 2.24) is 0 Å². The van der Waals surface area contributed by atoms with Gasteiger partial charge in [-0.1, -0.05) is 6.07 Å². The van der Waals surface area contributed by atoms with Gasteiger partial charge in [-0.3, -0.25) is 0 Å². The first-order valence-corrected chi connectivity index (χ1v) is 6.02. The summed E-state index contributed by atoms with van der Waals surface area (Å²) in [6.45, 7) is 3.99. The molecule has 0 spiro atoms. The summed E-state index contributed by atoms with van der Waals surface area (Å²) in [7, 11) is 2.40. The Bertz CT molecular complexity index is 247. The first-order valence-electron chi connectivity index (χ1n) is 5.14. The van der Waals surface area contributed by atoms with E-state index in [-0.39, 0.29) is 0 Å². The van der Waals surface area contributed by atoms with Crippen molar-refractivity contribution in [2.45, 2.75) is 25.8 Å². The van der Waals surface area contributed by atoms with Crippen molar-refractivity contribution in [2.75, 3.05) is 20.1 Å². The Morgan fingerprint density at radius 1 is 1.31 bits per heavy atom. The van der Waals surface area contributed by atoms with Gasteiger partial charge in [-0.05, 0) is 30.7 Å². The number of quaternary nitrogens is 1. The molecule has 2 heterocycles. The number of likely N-dealkylation sites (tertiary alicyclic amines) is 1. The number of rotatable bonds is 2. The van der Waals surface area contributed by atoms with Gasteiger partial charge in [0.05, 0.1) is 25.0 Å². The molecule has 1 aliphatic heterocycles. The molecule has 13 heavy (non-hydrogen) atoms. The second-order valence-electron chi connectivity index (χ2n) is 4.36. The van der Waals surface area contributed by atoms with Crippen LogP contribution in [0.2, 0.25) is 0 Å². The van der Waals surface area contributed by atoms with Crippen LogP contribution in [0.4, 0.5) is 0 Å². The highest BCUT2D eigenvalue weighted by atomic mass is 32.1. The first-order chi connectivity index (χ1) is 6.29. The van der Waals surface area contributed by atoms with Gasteiger partial charge >= 0.3 is 0 Å². The van der Waals surface area contributed by atoms with Crippen molar-refractivity contribution in [3.05, 3.63) is 22.4 Å². The highest BCUT2D eigenvalue weighted by molar-refractivity contribution is 7.09. The minimum atomic E-state index is 1.25. The van der Waals surface area contributed by atoms with Crippen LogP contribution in [0.3, 0.4) is 0 Å². The van der Waals surface area contributed by atoms with E-state index in [1.54, 1.807) is 4.88 Å². The van der Waals surface area contributed by atoms with Gasteiger partial charge in [0.25, 0.3) is 0 Å². The van der Waals surface area contributed by atoms with Crippen molar-refractivity contribution in [2.24, 2.45) is 0 Å². The molecule has 0 saturated carbocycles. The Hall–Kier alpha value is -0.340. The Balaban J connectivity index is 1.99. The SMILES string of the molecule is C[N+]1(Cc2cccs2)CCCCC1. The number of hydrogen-bond donors (Lipinski definition) is 0. The fourth-order valence-corrected chi connectivity index (χ4v) is 3.09. The Labute approximate surface area is 84.6 Å². The van der Waals surface area contributed by atoms with Crippen LogP contribution in [0.1, 0.15) is 24.1 Å². The second kappa shape index (κ2) is 3.81. The molecular weight excluding hydrogens is 178 g/mol. The quantitative estimate of drug-likeness (QED) is 0.638. The highest BCUT2D eigenvalue weighted by Gasteiger charge is 2.24. The Morgan fingerprint density at radius 3 is 2.69 bits per heavy atom. The fourth-order valence-electron chi connectivity index (χ4n) is 2.21. The van der Waals surface area contributed by atoms with Crippen LogP contribution in [-0.2, 0) is 6.54 Å². The molecule has 0 aromatic carbocycles. The van der Waals surface area contributed by atoms with E-state index in [9.17, 15) is 0 Å². The van der Waals surface area contributed by atoms with E-state index in [2.05, 4.69) is 24.6 Å². The lowest BCUT2D eigenvalue weighted by Gasteiger charge is -2.37. The van der Waals surface area contributed by atoms with Crippen molar-refractivity contribution in [3.63, 3.8) is 0 Å². The molecule has 0 amide bonds. The minimum absolute atomic E-state index is 1.25. The maximum atomic E-state index is 2.40. The molecule has 0 unspecified atom stereocenters. The van der Waals surface area contributed by atoms with Crippen LogP contribution in [-0.4, -0.2) is 24.6 Å². The number of hydrogen-bond acceptors (Lipinski definition) is 1.